The Morgan fingerprint density at radius 3 is 2.25 bits per heavy atom. The van der Waals surface area contributed by atoms with Gasteiger partial charge in [-0.2, -0.15) is 0 Å². The molecule has 0 aromatic heterocycles. The van der Waals surface area contributed by atoms with Gasteiger partial charge in [-0.25, -0.2) is 0 Å². The van der Waals surface area contributed by atoms with E-state index in [-0.39, 0.29) is 0 Å². The molecule has 1 unspecified atom stereocenters. The molecule has 0 saturated carbocycles. The summed E-state index contributed by atoms with van der Waals surface area (Å²) in [5.41, 5.74) is 1.66. The Hall–Kier alpha value is -0.300. The maximum Gasteiger partial charge on any atom is 0.0786 e. The van der Waals surface area contributed by atoms with Gasteiger partial charge in [0.25, 0.3) is 0 Å². The van der Waals surface area contributed by atoms with Crippen LogP contribution in [0.2, 0.25) is 0 Å². The van der Waals surface area contributed by atoms with Crippen LogP contribution in [0.15, 0.2) is 11.6 Å². The topological polar surface area (TPSA) is 9.23 Å². The lowest BCUT2D eigenvalue weighted by Crippen LogP contribution is -2.27. The molecule has 1 heterocycles. The summed E-state index contributed by atoms with van der Waals surface area (Å²) < 4.78 is 5.91. The maximum absolute atomic E-state index is 5.91. The van der Waals surface area contributed by atoms with Crippen LogP contribution in [0.25, 0.3) is 0 Å². The van der Waals surface area contributed by atoms with Crippen molar-refractivity contribution in [2.75, 3.05) is 6.61 Å². The van der Waals surface area contributed by atoms with Gasteiger partial charge in [0.15, 0.2) is 0 Å². The van der Waals surface area contributed by atoms with Gasteiger partial charge in [0.1, 0.15) is 0 Å². The highest BCUT2D eigenvalue weighted by Crippen LogP contribution is 2.29. The fourth-order valence-corrected chi connectivity index (χ4v) is 2.83. The second-order valence-electron chi connectivity index (χ2n) is 4.92. The second kappa shape index (κ2) is 7.11. The highest BCUT2D eigenvalue weighted by molar-refractivity contribution is 5.12. The molecule has 0 fully saturated rings. The summed E-state index contributed by atoms with van der Waals surface area (Å²) >= 11 is 0. The van der Waals surface area contributed by atoms with Crippen molar-refractivity contribution in [3.63, 3.8) is 0 Å². The molecule has 1 nitrogen and oxygen atoms in total. The molecule has 0 aliphatic carbocycles. The van der Waals surface area contributed by atoms with E-state index < -0.39 is 0 Å². The average Bonchev–Trinajstić information content (AvgIpc) is 2.33. The van der Waals surface area contributed by atoms with E-state index in [4.69, 9.17) is 4.74 Å². The van der Waals surface area contributed by atoms with Crippen LogP contribution in [-0.2, 0) is 4.74 Å². The van der Waals surface area contributed by atoms with E-state index in [1.807, 2.05) is 0 Å². The predicted octanol–water partition coefficient (Wildman–Crippen LogP) is 4.57. The number of hydrogen-bond donors (Lipinski definition) is 0. The first-order valence-corrected chi connectivity index (χ1v) is 7.08. The predicted molar refractivity (Wildman–Crippen MR) is 70.6 cm³/mol. The molecule has 1 heteroatoms. The first-order chi connectivity index (χ1) is 7.76. The Bertz CT molecular complexity index is 211. The summed E-state index contributed by atoms with van der Waals surface area (Å²) in [6.45, 7) is 10.1. The largest absolute Gasteiger partial charge is 0.374 e. The fourth-order valence-electron chi connectivity index (χ4n) is 2.83. The van der Waals surface area contributed by atoms with Crippen LogP contribution in [0.1, 0.15) is 59.8 Å². The van der Waals surface area contributed by atoms with Crippen molar-refractivity contribution in [1.82, 2.24) is 0 Å². The van der Waals surface area contributed by atoms with Crippen molar-refractivity contribution < 1.29 is 4.74 Å². The van der Waals surface area contributed by atoms with Crippen LogP contribution >= 0.6 is 0 Å². The van der Waals surface area contributed by atoms with Crippen molar-refractivity contribution in [3.8, 4) is 0 Å². The number of hydrogen-bond acceptors (Lipinski definition) is 1. The Balaban J connectivity index is 2.71. The van der Waals surface area contributed by atoms with Crippen molar-refractivity contribution >= 4 is 0 Å². The van der Waals surface area contributed by atoms with E-state index in [1.165, 1.54) is 25.7 Å². The van der Waals surface area contributed by atoms with Crippen LogP contribution in [0.5, 0.6) is 0 Å². The molecule has 1 rings (SSSR count). The molecule has 0 saturated heterocycles. The summed E-state index contributed by atoms with van der Waals surface area (Å²) in [5, 5.41) is 0. The Labute approximate surface area is 101 Å². The zero-order valence-electron chi connectivity index (χ0n) is 11.5. The highest BCUT2D eigenvalue weighted by Gasteiger charge is 2.23. The lowest BCUT2D eigenvalue weighted by atomic mass is 9.86. The molecule has 0 spiro atoms. The summed E-state index contributed by atoms with van der Waals surface area (Å²) in [6, 6.07) is 0. The van der Waals surface area contributed by atoms with Crippen molar-refractivity contribution in [2.24, 2.45) is 11.8 Å². The van der Waals surface area contributed by atoms with Gasteiger partial charge in [0.05, 0.1) is 12.7 Å². The van der Waals surface area contributed by atoms with Gasteiger partial charge in [0, 0.05) is 0 Å². The smallest absolute Gasteiger partial charge is 0.0786 e. The molecule has 0 radical (unpaired) electrons. The van der Waals surface area contributed by atoms with Gasteiger partial charge in [-0.3, -0.25) is 0 Å². The van der Waals surface area contributed by atoms with Crippen LogP contribution in [0, 0.1) is 11.8 Å². The Morgan fingerprint density at radius 1 is 1.12 bits per heavy atom. The van der Waals surface area contributed by atoms with E-state index in [9.17, 15) is 0 Å². The van der Waals surface area contributed by atoms with Gasteiger partial charge in [-0.1, -0.05) is 52.2 Å². The summed E-state index contributed by atoms with van der Waals surface area (Å²) in [5.74, 6) is 1.51. The third-order valence-corrected chi connectivity index (χ3v) is 4.10. The molecule has 1 atom stereocenters. The molecular weight excluding hydrogens is 196 g/mol. The van der Waals surface area contributed by atoms with Crippen LogP contribution in [-0.4, -0.2) is 12.7 Å². The molecule has 16 heavy (non-hydrogen) atoms. The lowest BCUT2D eigenvalue weighted by molar-refractivity contribution is 0.0318. The van der Waals surface area contributed by atoms with Gasteiger partial charge in [0.2, 0.25) is 0 Å². The highest BCUT2D eigenvalue weighted by atomic mass is 16.5. The number of rotatable bonds is 6. The molecular formula is C15H28O. The maximum atomic E-state index is 5.91. The number of ether oxygens (including phenoxy) is 1. The van der Waals surface area contributed by atoms with Crippen molar-refractivity contribution in [2.45, 2.75) is 65.9 Å². The van der Waals surface area contributed by atoms with Crippen molar-refractivity contribution in [1.29, 1.82) is 0 Å². The normalized spacial score (nSPS) is 21.6. The van der Waals surface area contributed by atoms with Crippen LogP contribution in [0.3, 0.4) is 0 Å². The van der Waals surface area contributed by atoms with Gasteiger partial charge >= 0.3 is 0 Å². The van der Waals surface area contributed by atoms with E-state index in [0.717, 1.165) is 18.9 Å². The second-order valence-corrected chi connectivity index (χ2v) is 4.92. The Morgan fingerprint density at radius 2 is 1.75 bits per heavy atom. The van der Waals surface area contributed by atoms with Gasteiger partial charge in [-0.05, 0) is 31.1 Å². The van der Waals surface area contributed by atoms with Gasteiger partial charge < -0.3 is 4.74 Å². The standard InChI is InChI=1S/C15H28O/c1-5-12(6-2)14-9-10-16-15(11-14)13(7-3)8-4/h11-13,15H,5-10H2,1-4H3. The molecule has 0 amide bonds. The molecule has 94 valence electrons. The molecule has 0 bridgehead atoms. The summed E-state index contributed by atoms with van der Waals surface area (Å²) in [7, 11) is 0. The third kappa shape index (κ3) is 3.35. The summed E-state index contributed by atoms with van der Waals surface area (Å²) in [6.07, 6.45) is 9.00. The molecule has 0 aromatic rings. The zero-order chi connectivity index (χ0) is 12.0. The monoisotopic (exact) mass is 224 g/mol. The van der Waals surface area contributed by atoms with E-state index in [0.29, 0.717) is 12.0 Å². The minimum absolute atomic E-state index is 0.388. The quantitative estimate of drug-likeness (QED) is 0.600. The molecule has 0 N–H and O–H groups in total. The minimum Gasteiger partial charge on any atom is -0.374 e. The Kier molecular flexibility index (Phi) is 6.12. The fraction of sp³-hybridized carbons (Fsp3) is 0.867. The lowest BCUT2D eigenvalue weighted by Gasteiger charge is -2.30. The van der Waals surface area contributed by atoms with E-state index in [2.05, 4.69) is 33.8 Å². The van der Waals surface area contributed by atoms with E-state index >= 15 is 0 Å². The van der Waals surface area contributed by atoms with E-state index in [1.54, 1.807) is 5.57 Å². The molecule has 0 aromatic carbocycles. The third-order valence-electron chi connectivity index (χ3n) is 4.10. The van der Waals surface area contributed by atoms with Crippen molar-refractivity contribution in [3.05, 3.63) is 11.6 Å². The van der Waals surface area contributed by atoms with Gasteiger partial charge in [-0.15, -0.1) is 0 Å². The van der Waals surface area contributed by atoms with Crippen LogP contribution in [0.4, 0.5) is 0 Å². The summed E-state index contributed by atoms with van der Waals surface area (Å²) in [4.78, 5) is 0. The first kappa shape index (κ1) is 13.8. The molecule has 1 aliphatic heterocycles. The van der Waals surface area contributed by atoms with Crippen LogP contribution < -0.4 is 0 Å². The molecule has 1 aliphatic rings. The zero-order valence-corrected chi connectivity index (χ0v) is 11.5. The average molecular weight is 224 g/mol. The first-order valence-electron chi connectivity index (χ1n) is 7.08. The SMILES string of the molecule is CCC(CC)C1=CC(C(CC)CC)OCC1. The minimum atomic E-state index is 0.388.